The Morgan fingerprint density at radius 2 is 2.21 bits per heavy atom. The van der Waals surface area contributed by atoms with Gasteiger partial charge in [0.15, 0.2) is 0 Å². The predicted molar refractivity (Wildman–Crippen MR) is 68.2 cm³/mol. The Hall–Kier alpha value is -1.64. The summed E-state index contributed by atoms with van der Waals surface area (Å²) >= 11 is 5.74. The van der Waals surface area contributed by atoms with Crippen LogP contribution in [0.25, 0.3) is 0 Å². The van der Waals surface area contributed by atoms with Crippen LogP contribution in [-0.2, 0) is 23.7 Å². The van der Waals surface area contributed by atoms with Crippen molar-refractivity contribution in [2.24, 2.45) is 12.2 Å². The van der Waals surface area contributed by atoms with Crippen molar-refractivity contribution in [1.29, 1.82) is 0 Å². The number of rotatable bonds is 4. The molecule has 9 heteroatoms. The van der Waals surface area contributed by atoms with Gasteiger partial charge in [-0.25, -0.2) is 13.6 Å². The van der Waals surface area contributed by atoms with Crippen LogP contribution < -0.4 is 9.88 Å². The van der Waals surface area contributed by atoms with E-state index in [1.807, 2.05) is 0 Å². The molecular formula is C10H11ClN4O3S. The Morgan fingerprint density at radius 1 is 1.47 bits per heavy atom. The van der Waals surface area contributed by atoms with Gasteiger partial charge in [0.25, 0.3) is 0 Å². The third kappa shape index (κ3) is 3.43. The molecule has 1 heterocycles. The third-order valence-electron chi connectivity index (χ3n) is 2.24. The fourth-order valence-corrected chi connectivity index (χ4v) is 2.37. The number of benzene rings is 1. The van der Waals surface area contributed by atoms with Gasteiger partial charge in [-0.1, -0.05) is 16.8 Å². The molecule has 2 rings (SSSR count). The van der Waals surface area contributed by atoms with E-state index in [-0.39, 0.29) is 22.3 Å². The van der Waals surface area contributed by atoms with Crippen molar-refractivity contribution in [2.45, 2.75) is 11.5 Å². The van der Waals surface area contributed by atoms with E-state index < -0.39 is 10.0 Å². The average molecular weight is 303 g/mol. The molecule has 0 atom stereocenters. The van der Waals surface area contributed by atoms with E-state index in [0.29, 0.717) is 5.69 Å². The molecule has 102 valence electrons. The lowest BCUT2D eigenvalue weighted by Crippen LogP contribution is -2.14. The van der Waals surface area contributed by atoms with Crippen molar-refractivity contribution in [3.8, 4) is 5.75 Å². The number of nitrogens with two attached hydrogens (primary N) is 1. The fraction of sp³-hybridized carbons (Fsp3) is 0.200. The fourth-order valence-electron chi connectivity index (χ4n) is 1.44. The minimum absolute atomic E-state index is 0.0813. The third-order valence-corrected chi connectivity index (χ3v) is 3.41. The van der Waals surface area contributed by atoms with Crippen molar-refractivity contribution in [2.75, 3.05) is 0 Å². The van der Waals surface area contributed by atoms with Gasteiger partial charge in [-0.3, -0.25) is 4.68 Å². The normalized spacial score (nSPS) is 11.5. The second kappa shape index (κ2) is 5.16. The molecule has 0 saturated heterocycles. The van der Waals surface area contributed by atoms with Gasteiger partial charge in [0.1, 0.15) is 22.9 Å². The van der Waals surface area contributed by atoms with Crippen molar-refractivity contribution < 1.29 is 13.2 Å². The van der Waals surface area contributed by atoms with Crippen LogP contribution >= 0.6 is 11.6 Å². The molecule has 0 amide bonds. The highest BCUT2D eigenvalue weighted by atomic mass is 35.5. The average Bonchev–Trinajstić information content (AvgIpc) is 2.72. The Labute approximate surface area is 115 Å². The Balaban J connectivity index is 2.25. The molecule has 0 radical (unpaired) electrons. The van der Waals surface area contributed by atoms with Crippen LogP contribution in [0.4, 0.5) is 0 Å². The maximum absolute atomic E-state index is 11.4. The quantitative estimate of drug-likeness (QED) is 0.896. The maximum Gasteiger partial charge on any atom is 0.241 e. The number of primary sulfonamides is 1. The Kier molecular flexibility index (Phi) is 3.74. The minimum Gasteiger partial charge on any atom is -0.486 e. The van der Waals surface area contributed by atoms with Crippen LogP contribution in [0.15, 0.2) is 29.3 Å². The highest BCUT2D eigenvalue weighted by Crippen LogP contribution is 2.26. The van der Waals surface area contributed by atoms with Gasteiger partial charge in [0.05, 0.1) is 6.20 Å². The summed E-state index contributed by atoms with van der Waals surface area (Å²) < 4.78 is 29.8. The molecule has 0 aliphatic carbocycles. The van der Waals surface area contributed by atoms with Gasteiger partial charge in [-0.15, -0.1) is 5.10 Å². The van der Waals surface area contributed by atoms with Gasteiger partial charge >= 0.3 is 0 Å². The summed E-state index contributed by atoms with van der Waals surface area (Å²) in [5, 5.41) is 12.9. The van der Waals surface area contributed by atoms with E-state index in [0.717, 1.165) is 0 Å². The van der Waals surface area contributed by atoms with Crippen molar-refractivity contribution >= 4 is 21.6 Å². The predicted octanol–water partition coefficient (Wildman–Crippen LogP) is 0.695. The van der Waals surface area contributed by atoms with E-state index >= 15 is 0 Å². The standard InChI is InChI=1S/C10H11ClN4O3S/c1-15-5-8(13-14-15)6-18-9-3-2-7(11)4-10(9)19(12,16)17/h2-5H,6H2,1H3,(H2,12,16,17). The molecule has 0 unspecified atom stereocenters. The molecule has 0 saturated carbocycles. The summed E-state index contributed by atoms with van der Waals surface area (Å²) in [4.78, 5) is -0.163. The monoisotopic (exact) mass is 302 g/mol. The molecule has 0 aliphatic rings. The topological polar surface area (TPSA) is 100 Å². The summed E-state index contributed by atoms with van der Waals surface area (Å²) in [7, 11) is -2.19. The van der Waals surface area contributed by atoms with Crippen LogP contribution in [0.3, 0.4) is 0 Å². The molecule has 1 aromatic heterocycles. The van der Waals surface area contributed by atoms with Crippen LogP contribution in [-0.4, -0.2) is 23.4 Å². The zero-order valence-corrected chi connectivity index (χ0v) is 11.5. The van der Waals surface area contributed by atoms with Crippen LogP contribution in [0.5, 0.6) is 5.75 Å². The zero-order valence-electron chi connectivity index (χ0n) is 9.95. The number of hydrogen-bond donors (Lipinski definition) is 1. The second-order valence-electron chi connectivity index (χ2n) is 3.81. The number of sulfonamides is 1. The summed E-state index contributed by atoms with van der Waals surface area (Å²) in [5.74, 6) is 0.123. The summed E-state index contributed by atoms with van der Waals surface area (Å²) in [6.07, 6.45) is 1.66. The molecular weight excluding hydrogens is 292 g/mol. The molecule has 0 bridgehead atoms. The highest BCUT2D eigenvalue weighted by Gasteiger charge is 2.16. The first kappa shape index (κ1) is 13.8. The lowest BCUT2D eigenvalue weighted by molar-refractivity contribution is 0.293. The first-order valence-electron chi connectivity index (χ1n) is 5.16. The van der Waals surface area contributed by atoms with Gasteiger partial charge in [0.2, 0.25) is 10.0 Å². The SMILES string of the molecule is Cn1cc(COc2ccc(Cl)cc2S(N)(=O)=O)nn1. The molecule has 0 aliphatic heterocycles. The zero-order chi connectivity index (χ0) is 14.0. The van der Waals surface area contributed by atoms with Gasteiger partial charge in [0, 0.05) is 12.1 Å². The van der Waals surface area contributed by atoms with E-state index in [1.54, 1.807) is 13.2 Å². The summed E-state index contributed by atoms with van der Waals surface area (Å²) in [6, 6.07) is 4.20. The molecule has 2 aromatic rings. The maximum atomic E-state index is 11.4. The number of hydrogen-bond acceptors (Lipinski definition) is 5. The Morgan fingerprint density at radius 3 is 2.79 bits per heavy atom. The van der Waals surface area contributed by atoms with Gasteiger partial charge < -0.3 is 4.74 Å². The molecule has 2 N–H and O–H groups in total. The van der Waals surface area contributed by atoms with Crippen molar-refractivity contribution in [1.82, 2.24) is 15.0 Å². The van der Waals surface area contributed by atoms with E-state index in [2.05, 4.69) is 10.3 Å². The van der Waals surface area contributed by atoms with Crippen LogP contribution in [0.2, 0.25) is 5.02 Å². The second-order valence-corrected chi connectivity index (χ2v) is 5.77. The first-order valence-corrected chi connectivity index (χ1v) is 7.09. The lowest BCUT2D eigenvalue weighted by Gasteiger charge is -2.09. The minimum atomic E-state index is -3.91. The van der Waals surface area contributed by atoms with Crippen molar-refractivity contribution in [3.05, 3.63) is 35.1 Å². The first-order chi connectivity index (χ1) is 8.86. The number of aromatic nitrogens is 3. The number of nitrogens with zero attached hydrogens (tertiary/aromatic N) is 3. The van der Waals surface area contributed by atoms with E-state index in [1.165, 1.54) is 22.9 Å². The smallest absolute Gasteiger partial charge is 0.241 e. The molecule has 7 nitrogen and oxygen atoms in total. The number of halogens is 1. The number of aryl methyl sites for hydroxylation is 1. The Bertz CT molecular complexity index is 699. The number of ether oxygens (including phenoxy) is 1. The van der Waals surface area contributed by atoms with E-state index in [9.17, 15) is 8.42 Å². The van der Waals surface area contributed by atoms with Crippen LogP contribution in [0, 0.1) is 0 Å². The van der Waals surface area contributed by atoms with Crippen LogP contribution in [0.1, 0.15) is 5.69 Å². The van der Waals surface area contributed by atoms with E-state index in [4.69, 9.17) is 21.5 Å². The summed E-state index contributed by atoms with van der Waals surface area (Å²) in [6.45, 7) is 0.0813. The van der Waals surface area contributed by atoms with Gasteiger partial charge in [-0.05, 0) is 18.2 Å². The van der Waals surface area contributed by atoms with Gasteiger partial charge in [-0.2, -0.15) is 0 Å². The van der Waals surface area contributed by atoms with Crippen molar-refractivity contribution in [3.63, 3.8) is 0 Å². The largest absolute Gasteiger partial charge is 0.486 e. The lowest BCUT2D eigenvalue weighted by atomic mass is 10.3. The molecule has 0 fully saturated rings. The summed E-state index contributed by atoms with van der Waals surface area (Å²) in [5.41, 5.74) is 0.567. The highest BCUT2D eigenvalue weighted by molar-refractivity contribution is 7.89. The molecule has 1 aromatic carbocycles. The molecule has 0 spiro atoms. The molecule has 19 heavy (non-hydrogen) atoms.